The van der Waals surface area contributed by atoms with Gasteiger partial charge in [0.2, 0.25) is 5.91 Å². The lowest BCUT2D eigenvalue weighted by Gasteiger charge is -2.19. The summed E-state index contributed by atoms with van der Waals surface area (Å²) in [5.41, 5.74) is 0.850. The Hall–Kier alpha value is -1.60. The number of benzene rings is 1. The SMILES string of the molecule is O=C(Cc1cc2c(cc1Br)OCCO2)Nc1nccs1. The normalized spacial score (nSPS) is 13.1. The van der Waals surface area contributed by atoms with Crippen molar-refractivity contribution in [3.63, 3.8) is 0 Å². The minimum atomic E-state index is -0.114. The smallest absolute Gasteiger partial charge is 0.230 e. The van der Waals surface area contributed by atoms with Crippen molar-refractivity contribution in [1.82, 2.24) is 4.98 Å². The number of hydrogen-bond donors (Lipinski definition) is 1. The number of thiazole rings is 1. The maximum Gasteiger partial charge on any atom is 0.230 e. The van der Waals surface area contributed by atoms with E-state index in [4.69, 9.17) is 9.47 Å². The van der Waals surface area contributed by atoms with Crippen molar-refractivity contribution in [3.8, 4) is 11.5 Å². The number of nitrogens with zero attached hydrogens (tertiary/aromatic N) is 1. The number of fused-ring (bicyclic) bond motifs is 1. The van der Waals surface area contributed by atoms with Crippen LogP contribution in [0, 0.1) is 0 Å². The van der Waals surface area contributed by atoms with Crippen LogP contribution in [0.2, 0.25) is 0 Å². The highest BCUT2D eigenvalue weighted by atomic mass is 79.9. The van der Waals surface area contributed by atoms with Crippen molar-refractivity contribution in [2.24, 2.45) is 0 Å². The van der Waals surface area contributed by atoms with E-state index >= 15 is 0 Å². The number of nitrogens with one attached hydrogen (secondary N) is 1. The lowest BCUT2D eigenvalue weighted by atomic mass is 10.1. The molecule has 0 saturated carbocycles. The Morgan fingerprint density at radius 2 is 2.10 bits per heavy atom. The summed E-state index contributed by atoms with van der Waals surface area (Å²) < 4.78 is 11.8. The zero-order chi connectivity index (χ0) is 13.9. The number of ether oxygens (including phenoxy) is 2. The van der Waals surface area contributed by atoms with Gasteiger partial charge in [-0.05, 0) is 17.7 Å². The zero-order valence-electron chi connectivity index (χ0n) is 10.4. The third kappa shape index (κ3) is 2.94. The summed E-state index contributed by atoms with van der Waals surface area (Å²) in [6.07, 6.45) is 1.90. The Kier molecular flexibility index (Phi) is 3.88. The second-order valence-corrected chi connectivity index (χ2v) is 5.90. The van der Waals surface area contributed by atoms with Crippen LogP contribution < -0.4 is 14.8 Å². The van der Waals surface area contributed by atoms with Gasteiger partial charge >= 0.3 is 0 Å². The van der Waals surface area contributed by atoms with Crippen molar-refractivity contribution in [2.75, 3.05) is 18.5 Å². The fraction of sp³-hybridized carbons (Fsp3) is 0.231. The standard InChI is InChI=1S/C13H11BrN2O3S/c14-9-7-11-10(18-2-3-19-11)5-8(9)6-12(17)16-13-15-1-4-20-13/h1,4-5,7H,2-3,6H2,(H,15,16,17). The molecule has 0 bridgehead atoms. The van der Waals surface area contributed by atoms with Crippen LogP contribution in [0.4, 0.5) is 5.13 Å². The van der Waals surface area contributed by atoms with Gasteiger partial charge in [-0.15, -0.1) is 11.3 Å². The number of hydrogen-bond acceptors (Lipinski definition) is 5. The van der Waals surface area contributed by atoms with E-state index in [-0.39, 0.29) is 12.3 Å². The lowest BCUT2D eigenvalue weighted by Crippen LogP contribution is -2.17. The van der Waals surface area contributed by atoms with Gasteiger partial charge in [0.15, 0.2) is 16.6 Å². The number of rotatable bonds is 3. The molecule has 1 aromatic carbocycles. The fourth-order valence-electron chi connectivity index (χ4n) is 1.86. The Balaban J connectivity index is 1.75. The number of amides is 1. The zero-order valence-corrected chi connectivity index (χ0v) is 12.8. The van der Waals surface area contributed by atoms with Crippen LogP contribution in [0.25, 0.3) is 0 Å². The summed E-state index contributed by atoms with van der Waals surface area (Å²) in [6, 6.07) is 3.67. The van der Waals surface area contributed by atoms with Crippen LogP contribution in [0.15, 0.2) is 28.2 Å². The first kappa shape index (κ1) is 13.4. The minimum absolute atomic E-state index is 0.114. The summed E-state index contributed by atoms with van der Waals surface area (Å²) in [5.74, 6) is 1.26. The van der Waals surface area contributed by atoms with Crippen LogP contribution in [0.3, 0.4) is 0 Å². The molecule has 1 N–H and O–H groups in total. The molecule has 0 spiro atoms. The van der Waals surface area contributed by atoms with E-state index in [1.807, 2.05) is 17.5 Å². The number of carbonyl (C=O) groups is 1. The van der Waals surface area contributed by atoms with Crippen molar-refractivity contribution in [3.05, 3.63) is 33.7 Å². The topological polar surface area (TPSA) is 60.5 Å². The highest BCUT2D eigenvalue weighted by Gasteiger charge is 2.16. The van der Waals surface area contributed by atoms with E-state index in [9.17, 15) is 4.79 Å². The lowest BCUT2D eigenvalue weighted by molar-refractivity contribution is -0.115. The van der Waals surface area contributed by atoms with Crippen molar-refractivity contribution < 1.29 is 14.3 Å². The molecule has 0 aliphatic carbocycles. The van der Waals surface area contributed by atoms with Gasteiger partial charge in [0, 0.05) is 16.0 Å². The molecular formula is C13H11BrN2O3S. The molecule has 7 heteroatoms. The molecule has 2 heterocycles. The Labute approximate surface area is 128 Å². The van der Waals surface area contributed by atoms with E-state index in [2.05, 4.69) is 26.2 Å². The molecule has 0 fully saturated rings. The van der Waals surface area contributed by atoms with E-state index in [1.165, 1.54) is 11.3 Å². The molecule has 1 aliphatic heterocycles. The van der Waals surface area contributed by atoms with E-state index in [1.54, 1.807) is 6.20 Å². The van der Waals surface area contributed by atoms with Gasteiger partial charge in [-0.1, -0.05) is 15.9 Å². The molecule has 3 rings (SSSR count). The van der Waals surface area contributed by atoms with E-state index in [0.29, 0.717) is 29.8 Å². The third-order valence-corrected chi connectivity index (χ3v) is 4.17. The number of carbonyl (C=O) groups excluding carboxylic acids is 1. The summed E-state index contributed by atoms with van der Waals surface area (Å²) in [7, 11) is 0. The first-order valence-electron chi connectivity index (χ1n) is 6.00. The van der Waals surface area contributed by atoms with Gasteiger partial charge in [-0.3, -0.25) is 4.79 Å². The summed E-state index contributed by atoms with van der Waals surface area (Å²) >= 11 is 4.84. The molecule has 1 aromatic heterocycles. The summed E-state index contributed by atoms with van der Waals surface area (Å²) in [4.78, 5) is 16.0. The van der Waals surface area contributed by atoms with Crippen LogP contribution in [-0.2, 0) is 11.2 Å². The molecule has 1 aliphatic rings. The summed E-state index contributed by atoms with van der Waals surface area (Å²) in [6.45, 7) is 1.07. The van der Waals surface area contributed by atoms with Crippen molar-refractivity contribution in [1.29, 1.82) is 0 Å². The maximum absolute atomic E-state index is 12.0. The molecule has 0 atom stereocenters. The van der Waals surface area contributed by atoms with Crippen LogP contribution in [0.5, 0.6) is 11.5 Å². The van der Waals surface area contributed by atoms with Crippen molar-refractivity contribution in [2.45, 2.75) is 6.42 Å². The Morgan fingerprint density at radius 1 is 1.35 bits per heavy atom. The second kappa shape index (κ2) is 5.80. The second-order valence-electron chi connectivity index (χ2n) is 4.15. The van der Waals surface area contributed by atoms with Crippen molar-refractivity contribution >= 4 is 38.3 Å². The number of aromatic nitrogens is 1. The first-order valence-corrected chi connectivity index (χ1v) is 7.67. The predicted octanol–water partition coefficient (Wildman–Crippen LogP) is 2.86. The molecular weight excluding hydrogens is 344 g/mol. The van der Waals surface area contributed by atoms with Gasteiger partial charge in [0.05, 0.1) is 6.42 Å². The van der Waals surface area contributed by atoms with Crippen LogP contribution >= 0.6 is 27.3 Å². The monoisotopic (exact) mass is 354 g/mol. The predicted molar refractivity (Wildman–Crippen MR) is 79.6 cm³/mol. The average Bonchev–Trinajstić information content (AvgIpc) is 2.92. The molecule has 0 saturated heterocycles. The summed E-state index contributed by atoms with van der Waals surface area (Å²) in [5, 5.41) is 5.17. The van der Waals surface area contributed by atoms with Gasteiger partial charge in [-0.2, -0.15) is 0 Å². The third-order valence-electron chi connectivity index (χ3n) is 2.74. The van der Waals surface area contributed by atoms with Gasteiger partial charge in [0.1, 0.15) is 13.2 Å². The van der Waals surface area contributed by atoms with Gasteiger partial charge < -0.3 is 14.8 Å². The number of halogens is 1. The largest absolute Gasteiger partial charge is 0.486 e. The molecule has 0 unspecified atom stereocenters. The molecule has 0 radical (unpaired) electrons. The average molecular weight is 355 g/mol. The van der Waals surface area contributed by atoms with E-state index < -0.39 is 0 Å². The van der Waals surface area contributed by atoms with Crippen LogP contribution in [0.1, 0.15) is 5.56 Å². The Bertz CT molecular complexity index is 631. The molecule has 2 aromatic rings. The molecule has 104 valence electrons. The molecule has 5 nitrogen and oxygen atoms in total. The maximum atomic E-state index is 12.0. The fourth-order valence-corrected chi connectivity index (χ4v) is 2.87. The molecule has 1 amide bonds. The van der Waals surface area contributed by atoms with E-state index in [0.717, 1.165) is 10.0 Å². The highest BCUT2D eigenvalue weighted by molar-refractivity contribution is 9.10. The highest BCUT2D eigenvalue weighted by Crippen LogP contribution is 2.35. The Morgan fingerprint density at radius 3 is 2.80 bits per heavy atom. The number of anilines is 1. The first-order chi connectivity index (χ1) is 9.72. The van der Waals surface area contributed by atoms with Crippen LogP contribution in [-0.4, -0.2) is 24.1 Å². The minimum Gasteiger partial charge on any atom is -0.486 e. The van der Waals surface area contributed by atoms with Gasteiger partial charge in [0.25, 0.3) is 0 Å². The van der Waals surface area contributed by atoms with Gasteiger partial charge in [-0.25, -0.2) is 4.98 Å². The molecule has 20 heavy (non-hydrogen) atoms. The quantitative estimate of drug-likeness (QED) is 0.920.